The number of fused-ring (bicyclic) bond motifs is 1. The molecule has 0 unspecified atom stereocenters. The van der Waals surface area contributed by atoms with Crippen molar-refractivity contribution in [2.75, 3.05) is 11.9 Å². The van der Waals surface area contributed by atoms with E-state index in [9.17, 15) is 0 Å². The van der Waals surface area contributed by atoms with Crippen molar-refractivity contribution in [2.45, 2.75) is 12.8 Å². The van der Waals surface area contributed by atoms with Crippen molar-refractivity contribution in [1.29, 1.82) is 0 Å². The van der Waals surface area contributed by atoms with Gasteiger partial charge in [-0.05, 0) is 30.0 Å². The topological polar surface area (TPSA) is 29.9 Å². The number of anilines is 1. The van der Waals surface area contributed by atoms with Crippen LogP contribution in [0.4, 0.5) is 5.82 Å². The highest BCUT2D eigenvalue weighted by Gasteiger charge is 2.24. The average Bonchev–Trinajstić information content (AvgIpc) is 3.22. The number of benzene rings is 1. The Labute approximate surface area is 142 Å². The highest BCUT2D eigenvalue weighted by atomic mass is 35.5. The smallest absolute Gasteiger partial charge is 0.133 e. The van der Waals surface area contributed by atoms with E-state index in [-0.39, 0.29) is 0 Å². The number of halogens is 2. The van der Waals surface area contributed by atoms with Gasteiger partial charge >= 0.3 is 0 Å². The summed E-state index contributed by atoms with van der Waals surface area (Å²) in [4.78, 5) is 1.32. The van der Waals surface area contributed by atoms with Crippen molar-refractivity contribution in [3.05, 3.63) is 61.9 Å². The Morgan fingerprint density at radius 3 is 2.95 bits per heavy atom. The zero-order chi connectivity index (χ0) is 15.1. The molecule has 2 aromatic heterocycles. The molecule has 1 aliphatic rings. The Kier molecular flexibility index (Phi) is 3.60. The third-order valence-corrected chi connectivity index (χ3v) is 5.50. The van der Waals surface area contributed by atoms with Gasteiger partial charge in [-0.3, -0.25) is 0 Å². The number of nitrogens with zero attached hydrogens (tertiary/aromatic N) is 2. The molecule has 1 aliphatic heterocycles. The Morgan fingerprint density at radius 1 is 1.23 bits per heavy atom. The van der Waals surface area contributed by atoms with Crippen molar-refractivity contribution < 1.29 is 0 Å². The molecule has 3 nitrogen and oxygen atoms in total. The van der Waals surface area contributed by atoms with Crippen LogP contribution in [-0.4, -0.2) is 16.3 Å². The molecule has 1 aromatic carbocycles. The number of rotatable bonds is 3. The molecule has 0 saturated carbocycles. The molecule has 0 atom stereocenters. The number of thiophene rings is 1. The summed E-state index contributed by atoms with van der Waals surface area (Å²) in [6, 6.07) is 9.84. The van der Waals surface area contributed by atoms with E-state index in [0.29, 0.717) is 10.0 Å². The maximum Gasteiger partial charge on any atom is 0.133 e. The van der Waals surface area contributed by atoms with Crippen LogP contribution < -0.4 is 5.32 Å². The first-order valence-corrected chi connectivity index (χ1v) is 8.69. The van der Waals surface area contributed by atoms with Crippen molar-refractivity contribution in [2.24, 2.45) is 0 Å². The van der Waals surface area contributed by atoms with Crippen molar-refractivity contribution >= 4 is 40.4 Å². The van der Waals surface area contributed by atoms with Crippen molar-refractivity contribution in [1.82, 2.24) is 9.78 Å². The van der Waals surface area contributed by atoms with Crippen LogP contribution in [0.1, 0.15) is 16.1 Å². The molecule has 0 saturated heterocycles. The van der Waals surface area contributed by atoms with Gasteiger partial charge < -0.3 is 5.32 Å². The first kappa shape index (κ1) is 14.1. The van der Waals surface area contributed by atoms with E-state index in [4.69, 9.17) is 28.3 Å². The molecule has 0 fully saturated rings. The van der Waals surface area contributed by atoms with E-state index in [0.717, 1.165) is 36.6 Å². The number of hydrogen-bond donors (Lipinski definition) is 1. The zero-order valence-electron chi connectivity index (χ0n) is 11.6. The van der Waals surface area contributed by atoms with E-state index >= 15 is 0 Å². The highest BCUT2D eigenvalue weighted by Crippen LogP contribution is 2.35. The molecule has 0 spiro atoms. The van der Waals surface area contributed by atoms with Crippen molar-refractivity contribution in [3.63, 3.8) is 0 Å². The standard InChI is InChI=1S/C16H13Cl2N3S/c17-12-4-1-5-14(15(12)18)21-16-11(6-7-19-16)13(20-21)9-10-3-2-8-22-10/h1-5,8,19H,6-7,9H2. The lowest BCUT2D eigenvalue weighted by Crippen LogP contribution is -2.05. The molecule has 3 aromatic rings. The number of aromatic nitrogens is 2. The predicted molar refractivity (Wildman–Crippen MR) is 92.9 cm³/mol. The summed E-state index contributed by atoms with van der Waals surface area (Å²) in [7, 11) is 0. The van der Waals surface area contributed by atoms with E-state index in [1.165, 1.54) is 10.4 Å². The molecule has 112 valence electrons. The first-order chi connectivity index (χ1) is 10.7. The van der Waals surface area contributed by atoms with Crippen molar-refractivity contribution in [3.8, 4) is 5.69 Å². The van der Waals surface area contributed by atoms with Gasteiger partial charge in [-0.2, -0.15) is 5.10 Å². The van der Waals surface area contributed by atoms with Gasteiger partial charge in [0.1, 0.15) is 5.82 Å². The van der Waals surface area contributed by atoms with Crippen LogP contribution in [0.2, 0.25) is 10.0 Å². The summed E-state index contributed by atoms with van der Waals surface area (Å²) < 4.78 is 1.89. The summed E-state index contributed by atoms with van der Waals surface area (Å²) in [5.41, 5.74) is 3.21. The van der Waals surface area contributed by atoms with E-state index in [1.807, 2.05) is 16.8 Å². The second-order valence-corrected chi connectivity index (χ2v) is 7.01. The van der Waals surface area contributed by atoms with E-state index < -0.39 is 0 Å². The fourth-order valence-corrected chi connectivity index (χ4v) is 3.88. The second kappa shape index (κ2) is 5.61. The molecule has 0 radical (unpaired) electrons. The Morgan fingerprint density at radius 2 is 2.14 bits per heavy atom. The lowest BCUT2D eigenvalue weighted by atomic mass is 10.1. The average molecular weight is 350 g/mol. The number of nitrogens with one attached hydrogen (secondary N) is 1. The lowest BCUT2D eigenvalue weighted by Gasteiger charge is -2.09. The minimum absolute atomic E-state index is 0.533. The maximum absolute atomic E-state index is 6.36. The van der Waals surface area contributed by atoms with Gasteiger partial charge in [-0.25, -0.2) is 4.68 Å². The van der Waals surface area contributed by atoms with Gasteiger partial charge in [0.25, 0.3) is 0 Å². The first-order valence-electron chi connectivity index (χ1n) is 7.05. The van der Waals surface area contributed by atoms with Gasteiger partial charge in [0, 0.05) is 23.4 Å². The Hall–Kier alpha value is -1.49. The summed E-state index contributed by atoms with van der Waals surface area (Å²) in [5, 5.41) is 11.4. The van der Waals surface area contributed by atoms with Crippen LogP contribution in [0.3, 0.4) is 0 Å². The summed E-state index contributed by atoms with van der Waals surface area (Å²) in [5.74, 6) is 1.04. The molecular weight excluding hydrogens is 337 g/mol. The second-order valence-electron chi connectivity index (χ2n) is 5.19. The minimum atomic E-state index is 0.533. The van der Waals surface area contributed by atoms with E-state index in [2.05, 4.69) is 22.8 Å². The molecule has 3 heterocycles. The lowest BCUT2D eigenvalue weighted by molar-refractivity contribution is 0.842. The van der Waals surface area contributed by atoms with Crippen LogP contribution >= 0.6 is 34.5 Å². The summed E-state index contributed by atoms with van der Waals surface area (Å²) >= 11 is 14.3. The van der Waals surface area contributed by atoms with Crippen LogP contribution in [0.5, 0.6) is 0 Å². The fraction of sp³-hybridized carbons (Fsp3) is 0.188. The molecule has 4 rings (SSSR count). The van der Waals surface area contributed by atoms with Gasteiger partial charge in [0.15, 0.2) is 0 Å². The third kappa shape index (κ3) is 2.32. The summed E-state index contributed by atoms with van der Waals surface area (Å²) in [6.07, 6.45) is 1.85. The normalized spacial score (nSPS) is 13.2. The summed E-state index contributed by atoms with van der Waals surface area (Å²) in [6.45, 7) is 0.933. The van der Waals surface area contributed by atoms with Crippen LogP contribution in [0.25, 0.3) is 5.69 Å². The van der Waals surface area contributed by atoms with Crippen LogP contribution in [0, 0.1) is 0 Å². The zero-order valence-corrected chi connectivity index (χ0v) is 14.0. The molecule has 22 heavy (non-hydrogen) atoms. The van der Waals surface area contributed by atoms with Crippen LogP contribution in [0.15, 0.2) is 35.7 Å². The SMILES string of the molecule is Clc1cccc(-n2nc(Cc3cccs3)c3c2NCC3)c1Cl. The minimum Gasteiger partial charge on any atom is -0.369 e. The van der Waals surface area contributed by atoms with Crippen LogP contribution in [-0.2, 0) is 12.8 Å². The quantitative estimate of drug-likeness (QED) is 0.735. The van der Waals surface area contributed by atoms with Gasteiger partial charge in [-0.1, -0.05) is 35.3 Å². The Balaban J connectivity index is 1.82. The maximum atomic E-state index is 6.36. The van der Waals surface area contributed by atoms with E-state index in [1.54, 1.807) is 17.4 Å². The largest absolute Gasteiger partial charge is 0.369 e. The van der Waals surface area contributed by atoms with Gasteiger partial charge in [0.2, 0.25) is 0 Å². The fourth-order valence-electron chi connectivity index (χ4n) is 2.80. The Bertz CT molecular complexity index is 824. The molecular formula is C16H13Cl2N3S. The molecule has 0 aliphatic carbocycles. The monoisotopic (exact) mass is 349 g/mol. The third-order valence-electron chi connectivity index (χ3n) is 3.82. The number of hydrogen-bond acceptors (Lipinski definition) is 3. The van der Waals surface area contributed by atoms with Gasteiger partial charge in [0.05, 0.1) is 21.4 Å². The molecule has 6 heteroatoms. The molecule has 0 bridgehead atoms. The molecule has 0 amide bonds. The predicted octanol–water partition coefficient (Wildman–Crippen LogP) is 4.80. The van der Waals surface area contributed by atoms with Gasteiger partial charge in [-0.15, -0.1) is 11.3 Å². The highest BCUT2D eigenvalue weighted by molar-refractivity contribution is 7.09. The molecule has 1 N–H and O–H groups in total.